The van der Waals surface area contributed by atoms with E-state index in [4.69, 9.17) is 0 Å². The summed E-state index contributed by atoms with van der Waals surface area (Å²) in [5.74, 6) is 0. The van der Waals surface area contributed by atoms with Gasteiger partial charge in [0, 0.05) is 19.3 Å². The van der Waals surface area contributed by atoms with Gasteiger partial charge in [-0.15, -0.1) is 12.4 Å². The Balaban J connectivity index is 0.000000980. The van der Waals surface area contributed by atoms with Gasteiger partial charge in [0.2, 0.25) is 0 Å². The highest BCUT2D eigenvalue weighted by Gasteiger charge is 2.13. The summed E-state index contributed by atoms with van der Waals surface area (Å²) in [5.41, 5.74) is 2.30. The summed E-state index contributed by atoms with van der Waals surface area (Å²) in [4.78, 5) is 0.412. The van der Waals surface area contributed by atoms with E-state index in [0.717, 1.165) is 18.7 Å². The minimum absolute atomic E-state index is 0. The van der Waals surface area contributed by atoms with Gasteiger partial charge in [-0.25, -0.2) is 8.42 Å². The van der Waals surface area contributed by atoms with Gasteiger partial charge in [0.1, 0.15) is 0 Å². The molecule has 78 valence electrons. The molecule has 14 heavy (non-hydrogen) atoms. The monoisotopic (exact) mass is 233 g/mol. The molecule has 1 heterocycles. The van der Waals surface area contributed by atoms with Crippen LogP contribution in [-0.2, 0) is 22.9 Å². The number of fused-ring (bicyclic) bond motifs is 1. The molecular formula is C9H12ClNO2S. The van der Waals surface area contributed by atoms with E-state index in [1.54, 1.807) is 12.1 Å². The molecule has 0 unspecified atom stereocenters. The molecule has 0 saturated heterocycles. The first kappa shape index (κ1) is 11.5. The van der Waals surface area contributed by atoms with Crippen molar-refractivity contribution >= 4 is 22.2 Å². The average Bonchev–Trinajstić information content (AvgIpc) is 2.47. The molecule has 1 aromatic rings. The Hall–Kier alpha value is -0.580. The normalized spacial score (nSPS) is 14.6. The molecule has 0 bridgehead atoms. The van der Waals surface area contributed by atoms with Gasteiger partial charge >= 0.3 is 0 Å². The molecule has 1 aromatic carbocycles. The summed E-state index contributed by atoms with van der Waals surface area (Å²) < 4.78 is 22.4. The molecule has 5 heteroatoms. The summed E-state index contributed by atoms with van der Waals surface area (Å²) in [5, 5.41) is 3.17. The van der Waals surface area contributed by atoms with Gasteiger partial charge in [-0.05, 0) is 23.3 Å². The first-order valence-electron chi connectivity index (χ1n) is 4.10. The molecule has 0 atom stereocenters. The lowest BCUT2D eigenvalue weighted by atomic mass is 10.1. The molecule has 0 radical (unpaired) electrons. The van der Waals surface area contributed by atoms with Crippen molar-refractivity contribution in [2.45, 2.75) is 18.0 Å². The Bertz CT molecular complexity index is 442. The van der Waals surface area contributed by atoms with Crippen molar-refractivity contribution in [2.75, 3.05) is 6.26 Å². The number of hydrogen-bond donors (Lipinski definition) is 1. The van der Waals surface area contributed by atoms with Crippen LogP contribution in [0.15, 0.2) is 23.1 Å². The molecule has 0 aromatic heterocycles. The van der Waals surface area contributed by atoms with Crippen LogP contribution in [0.2, 0.25) is 0 Å². The average molecular weight is 234 g/mol. The number of halogens is 1. The van der Waals surface area contributed by atoms with Crippen molar-refractivity contribution in [3.05, 3.63) is 29.3 Å². The second-order valence-electron chi connectivity index (χ2n) is 3.31. The number of hydrogen-bond acceptors (Lipinski definition) is 3. The van der Waals surface area contributed by atoms with Crippen molar-refractivity contribution < 1.29 is 8.42 Å². The Morgan fingerprint density at radius 2 is 1.86 bits per heavy atom. The molecule has 2 rings (SSSR count). The zero-order valence-corrected chi connectivity index (χ0v) is 9.41. The maximum absolute atomic E-state index is 11.2. The molecule has 1 aliphatic heterocycles. The largest absolute Gasteiger partial charge is 0.309 e. The third-order valence-corrected chi connectivity index (χ3v) is 3.35. The third-order valence-electron chi connectivity index (χ3n) is 2.24. The van der Waals surface area contributed by atoms with E-state index in [1.807, 2.05) is 6.07 Å². The minimum Gasteiger partial charge on any atom is -0.309 e. The highest BCUT2D eigenvalue weighted by molar-refractivity contribution is 7.90. The Kier molecular flexibility index (Phi) is 3.19. The van der Waals surface area contributed by atoms with Crippen molar-refractivity contribution in [3.63, 3.8) is 0 Å². The van der Waals surface area contributed by atoms with Crippen LogP contribution in [0.3, 0.4) is 0 Å². The van der Waals surface area contributed by atoms with Crippen LogP contribution >= 0.6 is 12.4 Å². The first-order chi connectivity index (χ1) is 6.07. The van der Waals surface area contributed by atoms with Gasteiger partial charge in [0.25, 0.3) is 0 Å². The lowest BCUT2D eigenvalue weighted by Crippen LogP contribution is -2.00. The fraction of sp³-hybridized carbons (Fsp3) is 0.333. The van der Waals surface area contributed by atoms with E-state index >= 15 is 0 Å². The van der Waals surface area contributed by atoms with Gasteiger partial charge in [0.05, 0.1) is 4.90 Å². The quantitative estimate of drug-likeness (QED) is 0.791. The second-order valence-corrected chi connectivity index (χ2v) is 5.32. The summed E-state index contributed by atoms with van der Waals surface area (Å²) in [6.45, 7) is 1.62. The smallest absolute Gasteiger partial charge is 0.175 e. The van der Waals surface area contributed by atoms with Crippen molar-refractivity contribution in [1.82, 2.24) is 5.32 Å². The number of nitrogens with one attached hydrogen (secondary N) is 1. The lowest BCUT2D eigenvalue weighted by Gasteiger charge is -2.01. The van der Waals surface area contributed by atoms with E-state index < -0.39 is 9.84 Å². The Morgan fingerprint density at radius 3 is 2.50 bits per heavy atom. The highest BCUT2D eigenvalue weighted by Crippen LogP contribution is 2.19. The van der Waals surface area contributed by atoms with E-state index in [9.17, 15) is 8.42 Å². The van der Waals surface area contributed by atoms with E-state index in [2.05, 4.69) is 5.32 Å². The molecular weight excluding hydrogens is 222 g/mol. The zero-order chi connectivity index (χ0) is 9.47. The second kappa shape index (κ2) is 3.88. The predicted molar refractivity (Wildman–Crippen MR) is 57.3 cm³/mol. The molecule has 0 aliphatic carbocycles. The van der Waals surface area contributed by atoms with Crippen LogP contribution in [0, 0.1) is 0 Å². The van der Waals surface area contributed by atoms with Crippen LogP contribution in [0.25, 0.3) is 0 Å². The molecule has 0 spiro atoms. The maximum atomic E-state index is 11.2. The standard InChI is InChI=1S/C9H11NO2S.ClH/c1-13(11,12)9-3-2-7-5-10-6-8(7)4-9;/h2-4,10H,5-6H2,1H3;1H. The van der Waals surface area contributed by atoms with Gasteiger partial charge < -0.3 is 5.32 Å². The highest BCUT2D eigenvalue weighted by atomic mass is 35.5. The van der Waals surface area contributed by atoms with Crippen molar-refractivity contribution in [1.29, 1.82) is 0 Å². The van der Waals surface area contributed by atoms with Crippen LogP contribution in [-0.4, -0.2) is 14.7 Å². The predicted octanol–water partition coefficient (Wildman–Crippen LogP) is 1.12. The molecule has 1 aliphatic rings. The summed E-state index contributed by atoms with van der Waals surface area (Å²) in [6, 6.07) is 5.30. The fourth-order valence-corrected chi connectivity index (χ4v) is 2.17. The zero-order valence-electron chi connectivity index (χ0n) is 7.78. The summed E-state index contributed by atoms with van der Waals surface area (Å²) >= 11 is 0. The third kappa shape index (κ3) is 2.08. The SMILES string of the molecule is CS(=O)(=O)c1ccc2c(c1)CNC2.Cl. The number of sulfone groups is 1. The van der Waals surface area contributed by atoms with E-state index in [-0.39, 0.29) is 12.4 Å². The van der Waals surface area contributed by atoms with E-state index in [0.29, 0.717) is 4.90 Å². The fourth-order valence-electron chi connectivity index (χ4n) is 1.50. The molecule has 3 nitrogen and oxygen atoms in total. The van der Waals surface area contributed by atoms with E-state index in [1.165, 1.54) is 11.8 Å². The molecule has 0 amide bonds. The van der Waals surface area contributed by atoms with Crippen LogP contribution < -0.4 is 5.32 Å². The Labute approximate surface area is 89.8 Å². The molecule has 0 fully saturated rings. The van der Waals surface area contributed by atoms with Crippen molar-refractivity contribution in [3.8, 4) is 0 Å². The number of benzene rings is 1. The van der Waals surface area contributed by atoms with Gasteiger partial charge in [-0.1, -0.05) is 6.07 Å². The molecule has 0 saturated carbocycles. The molecule has 1 N–H and O–H groups in total. The van der Waals surface area contributed by atoms with Crippen LogP contribution in [0.5, 0.6) is 0 Å². The maximum Gasteiger partial charge on any atom is 0.175 e. The van der Waals surface area contributed by atoms with Crippen LogP contribution in [0.4, 0.5) is 0 Å². The summed E-state index contributed by atoms with van der Waals surface area (Å²) in [6.07, 6.45) is 1.23. The Morgan fingerprint density at radius 1 is 1.21 bits per heavy atom. The van der Waals surface area contributed by atoms with Crippen molar-refractivity contribution in [2.24, 2.45) is 0 Å². The minimum atomic E-state index is -3.05. The number of rotatable bonds is 1. The summed E-state index contributed by atoms with van der Waals surface area (Å²) in [7, 11) is -3.05. The first-order valence-corrected chi connectivity index (χ1v) is 5.99. The van der Waals surface area contributed by atoms with Gasteiger partial charge in [-0.3, -0.25) is 0 Å². The van der Waals surface area contributed by atoms with Crippen LogP contribution in [0.1, 0.15) is 11.1 Å². The van der Waals surface area contributed by atoms with Gasteiger partial charge in [0.15, 0.2) is 9.84 Å². The van der Waals surface area contributed by atoms with Gasteiger partial charge in [-0.2, -0.15) is 0 Å². The topological polar surface area (TPSA) is 46.2 Å². The lowest BCUT2D eigenvalue weighted by molar-refractivity contribution is 0.601.